The van der Waals surface area contributed by atoms with Gasteiger partial charge in [0.15, 0.2) is 0 Å². The zero-order valence-corrected chi connectivity index (χ0v) is 19.4. The van der Waals surface area contributed by atoms with E-state index in [0.717, 1.165) is 12.8 Å². The summed E-state index contributed by atoms with van der Waals surface area (Å²) in [6.07, 6.45) is 12.5. The van der Waals surface area contributed by atoms with Crippen molar-refractivity contribution in [3.63, 3.8) is 0 Å². The third-order valence-electron chi connectivity index (χ3n) is 4.48. The van der Waals surface area contributed by atoms with E-state index in [-0.39, 0.29) is 49.2 Å². The second kappa shape index (κ2) is 17.4. The van der Waals surface area contributed by atoms with Gasteiger partial charge in [-0.15, -0.1) is 11.5 Å². The van der Waals surface area contributed by atoms with Gasteiger partial charge in [-0.05, 0) is 36.8 Å². The Kier molecular flexibility index (Phi) is 17.0. The smallest absolute Gasteiger partial charge is 0.872 e. The molecule has 0 bridgehead atoms. The molecule has 0 saturated heterocycles. The molecule has 0 aromatic heterocycles. The summed E-state index contributed by atoms with van der Waals surface area (Å²) in [6.45, 7) is 4.43. The minimum Gasteiger partial charge on any atom is -0.872 e. The Balaban J connectivity index is 0.000000483. The Morgan fingerprint density at radius 1 is 0.519 bits per heavy atom. The molecule has 0 saturated carbocycles. The van der Waals surface area contributed by atoms with Gasteiger partial charge in [0.2, 0.25) is 0 Å². The predicted octanol–water partition coefficient (Wildman–Crippen LogP) is 5.39. The molecule has 0 aliphatic rings. The Morgan fingerprint density at radius 3 is 1.15 bits per heavy atom. The van der Waals surface area contributed by atoms with Gasteiger partial charge < -0.3 is 10.2 Å². The van der Waals surface area contributed by atoms with Gasteiger partial charge in [0.25, 0.3) is 0 Å². The average Bonchev–Trinajstić information content (AvgIpc) is 2.66. The molecule has 2 aromatic carbocycles. The molecule has 0 spiro atoms. The molecule has 2 aromatic rings. The van der Waals surface area contributed by atoms with Crippen LogP contribution in [0.25, 0.3) is 0 Å². The van der Waals surface area contributed by atoms with E-state index in [4.69, 9.17) is 0 Å². The molecular formula is C24H34CaO2. The predicted molar refractivity (Wildman–Crippen MR) is 113 cm³/mol. The van der Waals surface area contributed by atoms with Crippen molar-refractivity contribution >= 4 is 37.7 Å². The fourth-order valence-corrected chi connectivity index (χ4v) is 2.82. The van der Waals surface area contributed by atoms with Crippen LogP contribution in [0.2, 0.25) is 0 Å². The summed E-state index contributed by atoms with van der Waals surface area (Å²) in [5.74, 6) is 0.217. The minimum absolute atomic E-state index is 0. The number of benzene rings is 2. The van der Waals surface area contributed by atoms with Gasteiger partial charge in [0, 0.05) is 0 Å². The third kappa shape index (κ3) is 14.0. The fourth-order valence-electron chi connectivity index (χ4n) is 2.82. The molecule has 0 unspecified atom stereocenters. The maximum absolute atomic E-state index is 10.8. The van der Waals surface area contributed by atoms with E-state index < -0.39 is 0 Å². The van der Waals surface area contributed by atoms with Gasteiger partial charge in [-0.25, -0.2) is 0 Å². The van der Waals surface area contributed by atoms with Crippen molar-refractivity contribution in [3.8, 4) is 11.5 Å². The molecule has 0 radical (unpaired) electrons. The zero-order valence-electron chi connectivity index (χ0n) is 17.2. The number of hydrogen-bond donors (Lipinski definition) is 0. The summed E-state index contributed by atoms with van der Waals surface area (Å²) >= 11 is 0. The molecule has 0 N–H and O–H groups in total. The topological polar surface area (TPSA) is 46.1 Å². The summed E-state index contributed by atoms with van der Waals surface area (Å²) < 4.78 is 0. The zero-order chi connectivity index (χ0) is 19.0. The van der Waals surface area contributed by atoms with E-state index >= 15 is 0 Å². The van der Waals surface area contributed by atoms with Crippen LogP contribution >= 0.6 is 0 Å². The summed E-state index contributed by atoms with van der Waals surface area (Å²) in [5, 5.41) is 21.6. The molecule has 0 heterocycles. The Hall–Kier alpha value is -0.700. The van der Waals surface area contributed by atoms with Gasteiger partial charge in [-0.1, -0.05) is 101 Å². The van der Waals surface area contributed by atoms with E-state index in [1.165, 1.54) is 62.5 Å². The summed E-state index contributed by atoms with van der Waals surface area (Å²) in [5.41, 5.74) is 2.58. The van der Waals surface area contributed by atoms with Gasteiger partial charge in [-0.3, -0.25) is 0 Å². The largest absolute Gasteiger partial charge is 2.00 e. The summed E-state index contributed by atoms with van der Waals surface area (Å²) in [6, 6.07) is 14.3. The number of hydrogen-bond acceptors (Lipinski definition) is 2. The van der Waals surface area contributed by atoms with Crippen molar-refractivity contribution in [3.05, 3.63) is 59.7 Å². The van der Waals surface area contributed by atoms with Crippen LogP contribution in [-0.4, -0.2) is 37.7 Å². The van der Waals surface area contributed by atoms with Crippen LogP contribution < -0.4 is 10.2 Å². The van der Waals surface area contributed by atoms with Crippen LogP contribution in [0.5, 0.6) is 11.5 Å². The van der Waals surface area contributed by atoms with Crippen LogP contribution in [0.1, 0.15) is 76.3 Å². The molecule has 2 rings (SSSR count). The minimum atomic E-state index is 0. The van der Waals surface area contributed by atoms with Crippen LogP contribution in [0.15, 0.2) is 48.5 Å². The quantitative estimate of drug-likeness (QED) is 0.401. The van der Waals surface area contributed by atoms with Gasteiger partial charge in [-0.2, -0.15) is 0 Å². The van der Waals surface area contributed by atoms with Crippen molar-refractivity contribution in [1.82, 2.24) is 0 Å². The third-order valence-corrected chi connectivity index (χ3v) is 4.48. The first-order chi connectivity index (χ1) is 12.7. The van der Waals surface area contributed by atoms with E-state index in [1.54, 1.807) is 24.3 Å². The van der Waals surface area contributed by atoms with Crippen LogP contribution in [0, 0.1) is 0 Å². The maximum Gasteiger partial charge on any atom is 2.00 e. The van der Waals surface area contributed by atoms with Gasteiger partial charge in [0.1, 0.15) is 0 Å². The molecule has 3 heteroatoms. The first kappa shape index (κ1) is 26.3. The van der Waals surface area contributed by atoms with Crippen molar-refractivity contribution in [2.24, 2.45) is 0 Å². The molecule has 0 fully saturated rings. The van der Waals surface area contributed by atoms with E-state index in [2.05, 4.69) is 13.8 Å². The number of aryl methyl sites for hydroxylation is 2. The molecule has 0 atom stereocenters. The Morgan fingerprint density at radius 2 is 0.852 bits per heavy atom. The number of unbranched alkanes of at least 4 members (excludes halogenated alkanes) is 6. The van der Waals surface area contributed by atoms with Crippen LogP contribution in [0.4, 0.5) is 0 Å². The van der Waals surface area contributed by atoms with Crippen molar-refractivity contribution in [1.29, 1.82) is 0 Å². The molecule has 144 valence electrons. The van der Waals surface area contributed by atoms with Crippen molar-refractivity contribution in [2.75, 3.05) is 0 Å². The normalized spacial score (nSPS) is 9.85. The molecule has 0 amide bonds. The molecule has 27 heavy (non-hydrogen) atoms. The first-order valence-electron chi connectivity index (χ1n) is 10.2. The Bertz CT molecular complexity index is 510. The molecule has 2 nitrogen and oxygen atoms in total. The second-order valence-electron chi connectivity index (χ2n) is 6.91. The first-order valence-corrected chi connectivity index (χ1v) is 10.2. The molecular weight excluding hydrogens is 360 g/mol. The summed E-state index contributed by atoms with van der Waals surface area (Å²) in [4.78, 5) is 0. The SMILES string of the molecule is CCCCCCc1ccc([O-])cc1.CCCCCCc1ccc([O-])cc1.[Ca+2]. The number of rotatable bonds is 10. The molecule has 0 aliphatic heterocycles. The monoisotopic (exact) mass is 394 g/mol. The van der Waals surface area contributed by atoms with E-state index in [9.17, 15) is 10.2 Å². The van der Waals surface area contributed by atoms with Crippen molar-refractivity contribution in [2.45, 2.75) is 78.1 Å². The van der Waals surface area contributed by atoms with Crippen molar-refractivity contribution < 1.29 is 10.2 Å². The average molecular weight is 395 g/mol. The molecule has 0 aliphatic carbocycles. The van der Waals surface area contributed by atoms with Crippen LogP contribution in [-0.2, 0) is 12.8 Å². The second-order valence-corrected chi connectivity index (χ2v) is 6.91. The summed E-state index contributed by atoms with van der Waals surface area (Å²) in [7, 11) is 0. The van der Waals surface area contributed by atoms with Gasteiger partial charge >= 0.3 is 37.7 Å². The Labute approximate surface area is 196 Å². The standard InChI is InChI=1S/2C12H18O.Ca/c2*1-2-3-4-5-6-11-7-9-12(13)10-8-11;/h2*7-10,13H,2-6H2,1H3;/q;;+2/p-2. The van der Waals surface area contributed by atoms with E-state index in [0.29, 0.717) is 0 Å². The van der Waals surface area contributed by atoms with Gasteiger partial charge in [0.05, 0.1) is 0 Å². The fraction of sp³-hybridized carbons (Fsp3) is 0.500. The maximum atomic E-state index is 10.8. The van der Waals surface area contributed by atoms with Crippen LogP contribution in [0.3, 0.4) is 0 Å². The van der Waals surface area contributed by atoms with E-state index in [1.807, 2.05) is 24.3 Å².